The summed E-state index contributed by atoms with van der Waals surface area (Å²) in [5.74, 6) is -0.941. The van der Waals surface area contributed by atoms with Crippen molar-refractivity contribution in [2.75, 3.05) is 13.2 Å². The molecule has 0 amide bonds. The van der Waals surface area contributed by atoms with E-state index in [9.17, 15) is 14.4 Å². The monoisotopic (exact) mass is 1060 g/mol. The van der Waals surface area contributed by atoms with Crippen LogP contribution in [0.2, 0.25) is 0 Å². The molecule has 0 fully saturated rings. The third kappa shape index (κ3) is 61.2. The van der Waals surface area contributed by atoms with Crippen LogP contribution in [0.3, 0.4) is 0 Å². The van der Waals surface area contributed by atoms with Crippen molar-refractivity contribution in [2.45, 2.75) is 316 Å². The minimum atomic E-state index is -0.792. The lowest BCUT2D eigenvalue weighted by Gasteiger charge is -2.18. The van der Waals surface area contributed by atoms with Gasteiger partial charge >= 0.3 is 17.9 Å². The molecule has 0 heterocycles. The predicted octanol–water partition coefficient (Wildman–Crippen LogP) is 22.0. The summed E-state index contributed by atoms with van der Waals surface area (Å²) in [6.45, 7) is 6.43. The van der Waals surface area contributed by atoms with Crippen LogP contribution in [-0.4, -0.2) is 37.2 Å². The first-order chi connectivity index (χ1) is 37.5. The van der Waals surface area contributed by atoms with Crippen LogP contribution >= 0.6 is 0 Å². The van der Waals surface area contributed by atoms with E-state index < -0.39 is 6.10 Å². The maximum Gasteiger partial charge on any atom is 0.306 e. The first kappa shape index (κ1) is 72.3. The molecule has 0 aromatic heterocycles. The summed E-state index contributed by atoms with van der Waals surface area (Å²) in [5, 5.41) is 0. The highest BCUT2D eigenvalue weighted by Crippen LogP contribution is 2.17. The third-order valence-electron chi connectivity index (χ3n) is 13.9. The minimum Gasteiger partial charge on any atom is -0.462 e. The van der Waals surface area contributed by atoms with E-state index in [4.69, 9.17) is 14.2 Å². The largest absolute Gasteiger partial charge is 0.462 e. The van der Waals surface area contributed by atoms with Crippen molar-refractivity contribution in [1.29, 1.82) is 0 Å². The van der Waals surface area contributed by atoms with Crippen LogP contribution < -0.4 is 0 Å². The molecular formula is C70H120O6. The van der Waals surface area contributed by atoms with Crippen LogP contribution in [0, 0.1) is 0 Å². The fourth-order valence-corrected chi connectivity index (χ4v) is 9.05. The summed E-state index contributed by atoms with van der Waals surface area (Å²) in [4.78, 5) is 37.9. The molecule has 6 heteroatoms. The second kappa shape index (κ2) is 63.9. The van der Waals surface area contributed by atoms with Gasteiger partial charge in [-0.1, -0.05) is 304 Å². The molecule has 0 bridgehead atoms. The van der Waals surface area contributed by atoms with Crippen molar-refractivity contribution < 1.29 is 28.6 Å². The Balaban J connectivity index is 4.11. The molecule has 6 nitrogen and oxygen atoms in total. The highest BCUT2D eigenvalue weighted by molar-refractivity contribution is 5.71. The van der Waals surface area contributed by atoms with E-state index in [2.05, 4.69) is 118 Å². The molecule has 0 rings (SSSR count). The second-order valence-corrected chi connectivity index (χ2v) is 21.3. The van der Waals surface area contributed by atoms with Crippen LogP contribution in [0.4, 0.5) is 0 Å². The Morgan fingerprint density at radius 1 is 0.276 bits per heavy atom. The van der Waals surface area contributed by atoms with Gasteiger partial charge in [-0.2, -0.15) is 0 Å². The topological polar surface area (TPSA) is 78.9 Å². The zero-order valence-corrected chi connectivity index (χ0v) is 50.0. The smallest absolute Gasteiger partial charge is 0.306 e. The fraction of sp³-hybridized carbons (Fsp3) is 0.729. The van der Waals surface area contributed by atoms with E-state index in [1.165, 1.54) is 154 Å². The van der Waals surface area contributed by atoms with Gasteiger partial charge in [0.1, 0.15) is 13.2 Å². The second-order valence-electron chi connectivity index (χ2n) is 21.3. The molecule has 0 aromatic carbocycles. The Kier molecular flexibility index (Phi) is 60.8. The highest BCUT2D eigenvalue weighted by Gasteiger charge is 2.19. The van der Waals surface area contributed by atoms with Gasteiger partial charge in [0.2, 0.25) is 0 Å². The number of rotatable bonds is 58. The quantitative estimate of drug-likeness (QED) is 0.0261. The van der Waals surface area contributed by atoms with Crippen molar-refractivity contribution in [3.63, 3.8) is 0 Å². The number of carbonyl (C=O) groups is 3. The zero-order chi connectivity index (χ0) is 55.0. The third-order valence-corrected chi connectivity index (χ3v) is 13.9. The molecule has 76 heavy (non-hydrogen) atoms. The number of allylic oxidation sites excluding steroid dienone is 16. The van der Waals surface area contributed by atoms with Crippen LogP contribution in [0.1, 0.15) is 310 Å². The van der Waals surface area contributed by atoms with Crippen LogP contribution in [0.15, 0.2) is 97.2 Å². The SMILES string of the molecule is CC/C=C\C/C=C\C/C=C\C/C=C\C/C=C\C/C=C\C/C=C\C/C=C\CCCCC(=O)OCC(COC(=O)CCCCCCC)OC(=O)CCCCCCCCCCCCCCCCCCCCCCCCCCCC. The van der Waals surface area contributed by atoms with Crippen LogP contribution in [-0.2, 0) is 28.6 Å². The first-order valence-electron chi connectivity index (χ1n) is 32.2. The molecule has 0 aliphatic rings. The van der Waals surface area contributed by atoms with Crippen molar-refractivity contribution in [1.82, 2.24) is 0 Å². The molecule has 0 N–H and O–H groups in total. The summed E-state index contributed by atoms with van der Waals surface area (Å²) in [6, 6.07) is 0. The van der Waals surface area contributed by atoms with Gasteiger partial charge in [0.05, 0.1) is 0 Å². The number of carbonyl (C=O) groups excluding carboxylic acids is 3. The molecule has 1 atom stereocenters. The fourth-order valence-electron chi connectivity index (χ4n) is 9.05. The predicted molar refractivity (Wildman–Crippen MR) is 330 cm³/mol. The Hall–Kier alpha value is -3.67. The number of hydrogen-bond donors (Lipinski definition) is 0. The van der Waals surface area contributed by atoms with Crippen molar-refractivity contribution in [2.24, 2.45) is 0 Å². The molecule has 0 aliphatic carbocycles. The maximum absolute atomic E-state index is 12.8. The van der Waals surface area contributed by atoms with E-state index in [0.717, 1.165) is 116 Å². The summed E-state index contributed by atoms with van der Waals surface area (Å²) in [7, 11) is 0. The van der Waals surface area contributed by atoms with Gasteiger partial charge in [-0.15, -0.1) is 0 Å². The van der Waals surface area contributed by atoms with Crippen molar-refractivity contribution in [3.05, 3.63) is 97.2 Å². The standard InChI is InChI=1S/C70H120O6/c1-4-7-10-13-15-17-19-21-23-25-27-29-31-33-35-37-38-40-42-44-46-48-50-52-54-57-60-63-69(72)75-66-67(65-74-68(71)62-59-56-12-9-6-3)76-70(73)64-61-58-55-53-51-49-47-45-43-41-39-36-34-32-30-28-26-24-22-20-18-16-14-11-8-5-2/h7,10,15,17,21,23,27,29,33,35,38,40,44,46,50,52,67H,4-6,8-9,11-14,16,18-20,22,24-26,28,30-32,34,36-37,39,41-43,45,47-49,51,53-66H2,1-3H3/b10-7-,17-15-,23-21-,29-27-,35-33-,40-38-,46-44-,52-50-. The first-order valence-corrected chi connectivity index (χ1v) is 32.2. The lowest BCUT2D eigenvalue weighted by atomic mass is 10.0. The molecule has 0 radical (unpaired) electrons. The van der Waals surface area contributed by atoms with Gasteiger partial charge in [0, 0.05) is 19.3 Å². The summed E-state index contributed by atoms with van der Waals surface area (Å²) < 4.78 is 16.7. The van der Waals surface area contributed by atoms with Gasteiger partial charge in [-0.05, 0) is 83.5 Å². The zero-order valence-electron chi connectivity index (χ0n) is 50.0. The van der Waals surface area contributed by atoms with Gasteiger partial charge in [0.15, 0.2) is 6.10 Å². The Morgan fingerprint density at radius 3 is 0.803 bits per heavy atom. The van der Waals surface area contributed by atoms with Gasteiger partial charge in [-0.25, -0.2) is 0 Å². The Morgan fingerprint density at radius 2 is 0.513 bits per heavy atom. The number of unbranched alkanes of at least 4 members (excludes halogenated alkanes) is 31. The van der Waals surface area contributed by atoms with E-state index >= 15 is 0 Å². The van der Waals surface area contributed by atoms with E-state index in [1.54, 1.807) is 0 Å². The maximum atomic E-state index is 12.8. The molecule has 0 spiro atoms. The minimum absolute atomic E-state index is 0.0903. The number of hydrogen-bond acceptors (Lipinski definition) is 6. The van der Waals surface area contributed by atoms with Crippen molar-refractivity contribution >= 4 is 17.9 Å². The Labute approximate surface area is 470 Å². The van der Waals surface area contributed by atoms with Crippen LogP contribution in [0.5, 0.6) is 0 Å². The van der Waals surface area contributed by atoms with E-state index in [1.807, 2.05) is 0 Å². The molecule has 1 unspecified atom stereocenters. The molecule has 0 saturated carbocycles. The van der Waals surface area contributed by atoms with Crippen LogP contribution in [0.25, 0.3) is 0 Å². The number of esters is 3. The summed E-state index contributed by atoms with van der Waals surface area (Å²) in [6.07, 6.45) is 86.2. The average Bonchev–Trinajstić information content (AvgIpc) is 3.42. The summed E-state index contributed by atoms with van der Waals surface area (Å²) >= 11 is 0. The number of ether oxygens (including phenoxy) is 3. The average molecular weight is 1060 g/mol. The van der Waals surface area contributed by atoms with Gasteiger partial charge in [0.25, 0.3) is 0 Å². The molecule has 0 saturated heterocycles. The normalized spacial score (nSPS) is 12.7. The lowest BCUT2D eigenvalue weighted by Crippen LogP contribution is -2.30. The molecule has 0 aromatic rings. The van der Waals surface area contributed by atoms with E-state index in [-0.39, 0.29) is 31.1 Å². The van der Waals surface area contributed by atoms with Crippen molar-refractivity contribution in [3.8, 4) is 0 Å². The van der Waals surface area contributed by atoms with Gasteiger partial charge < -0.3 is 14.2 Å². The highest BCUT2D eigenvalue weighted by atomic mass is 16.6. The van der Waals surface area contributed by atoms with E-state index in [0.29, 0.717) is 19.3 Å². The lowest BCUT2D eigenvalue weighted by molar-refractivity contribution is -0.167. The summed E-state index contributed by atoms with van der Waals surface area (Å²) in [5.41, 5.74) is 0. The molecular weight excluding hydrogens is 937 g/mol. The Bertz CT molecular complexity index is 1490. The molecule has 436 valence electrons. The molecule has 0 aliphatic heterocycles. The van der Waals surface area contributed by atoms with Gasteiger partial charge in [-0.3, -0.25) is 14.4 Å².